The molecule has 0 saturated carbocycles. The summed E-state index contributed by atoms with van der Waals surface area (Å²) in [6, 6.07) is 19.9. The summed E-state index contributed by atoms with van der Waals surface area (Å²) >= 11 is 0. The quantitative estimate of drug-likeness (QED) is 0.564. The Balaban J connectivity index is 1.63. The van der Waals surface area contributed by atoms with Gasteiger partial charge < -0.3 is 16.0 Å². The van der Waals surface area contributed by atoms with Crippen molar-refractivity contribution in [1.29, 1.82) is 0 Å². The van der Waals surface area contributed by atoms with Crippen molar-refractivity contribution in [3.8, 4) is 0 Å². The van der Waals surface area contributed by atoms with E-state index in [0.717, 1.165) is 16.7 Å². The Labute approximate surface area is 164 Å². The second-order valence-corrected chi connectivity index (χ2v) is 6.75. The number of urea groups is 1. The van der Waals surface area contributed by atoms with Crippen LogP contribution in [0.2, 0.25) is 0 Å². The van der Waals surface area contributed by atoms with Gasteiger partial charge in [-0.3, -0.25) is 4.79 Å². The fraction of sp³-hybridized carbons (Fsp3) is 0.130. The first-order valence-corrected chi connectivity index (χ1v) is 9.04. The zero-order valence-electron chi connectivity index (χ0n) is 16.2. The lowest BCUT2D eigenvalue weighted by Gasteiger charge is -2.12. The SMILES string of the molecule is Cc1cc(C)c(C(=O)Nc2ccc(NC(=O)Nc3ccccc3)cc2)c(C)c1. The molecule has 0 fully saturated rings. The Morgan fingerprint density at radius 3 is 1.64 bits per heavy atom. The third kappa shape index (κ3) is 4.76. The van der Waals surface area contributed by atoms with Crippen LogP contribution < -0.4 is 16.0 Å². The van der Waals surface area contributed by atoms with Crippen molar-refractivity contribution in [2.24, 2.45) is 0 Å². The first-order valence-electron chi connectivity index (χ1n) is 9.04. The highest BCUT2D eigenvalue weighted by atomic mass is 16.2. The minimum absolute atomic E-state index is 0.141. The van der Waals surface area contributed by atoms with Crippen molar-refractivity contribution in [3.63, 3.8) is 0 Å². The number of aryl methyl sites for hydroxylation is 3. The van der Waals surface area contributed by atoms with Gasteiger partial charge in [0, 0.05) is 22.6 Å². The maximum atomic E-state index is 12.6. The molecule has 0 aliphatic heterocycles. The van der Waals surface area contributed by atoms with Gasteiger partial charge in [-0.1, -0.05) is 35.9 Å². The van der Waals surface area contributed by atoms with Crippen molar-refractivity contribution in [3.05, 3.63) is 89.0 Å². The van der Waals surface area contributed by atoms with Crippen molar-refractivity contribution in [1.82, 2.24) is 0 Å². The standard InChI is InChI=1S/C23H23N3O2/c1-15-13-16(2)21(17(3)14-15)22(27)24-19-9-11-20(12-10-19)26-23(28)25-18-7-5-4-6-8-18/h4-14H,1-3H3,(H,24,27)(H2,25,26,28). The molecule has 3 rings (SSSR count). The molecule has 3 N–H and O–H groups in total. The highest BCUT2D eigenvalue weighted by Gasteiger charge is 2.13. The van der Waals surface area contributed by atoms with E-state index in [1.807, 2.05) is 63.2 Å². The summed E-state index contributed by atoms with van der Waals surface area (Å²) in [7, 11) is 0. The lowest BCUT2D eigenvalue weighted by molar-refractivity contribution is 0.102. The van der Waals surface area contributed by atoms with Gasteiger partial charge in [0.25, 0.3) is 5.91 Å². The van der Waals surface area contributed by atoms with Gasteiger partial charge in [-0.05, 0) is 68.3 Å². The monoisotopic (exact) mass is 373 g/mol. The number of nitrogens with one attached hydrogen (secondary N) is 3. The average Bonchev–Trinajstić information content (AvgIpc) is 2.63. The molecule has 0 radical (unpaired) electrons. The first-order chi connectivity index (χ1) is 13.4. The molecule has 5 heteroatoms. The topological polar surface area (TPSA) is 70.2 Å². The second-order valence-electron chi connectivity index (χ2n) is 6.75. The molecule has 0 aliphatic carbocycles. The predicted molar refractivity (Wildman–Crippen MR) is 114 cm³/mol. The van der Waals surface area contributed by atoms with Crippen LogP contribution in [0, 0.1) is 20.8 Å². The van der Waals surface area contributed by atoms with Crippen LogP contribution in [0.15, 0.2) is 66.7 Å². The maximum absolute atomic E-state index is 12.6. The van der Waals surface area contributed by atoms with Crippen molar-refractivity contribution in [2.75, 3.05) is 16.0 Å². The third-order valence-electron chi connectivity index (χ3n) is 4.34. The Hall–Kier alpha value is -3.60. The fourth-order valence-electron chi connectivity index (χ4n) is 3.18. The van der Waals surface area contributed by atoms with Crippen LogP contribution in [-0.2, 0) is 0 Å². The molecule has 0 unspecified atom stereocenters. The van der Waals surface area contributed by atoms with Crippen LogP contribution in [-0.4, -0.2) is 11.9 Å². The molecule has 3 aromatic carbocycles. The molecular formula is C23H23N3O2. The number of rotatable bonds is 4. The molecule has 28 heavy (non-hydrogen) atoms. The van der Waals surface area contributed by atoms with E-state index in [9.17, 15) is 9.59 Å². The van der Waals surface area contributed by atoms with Crippen molar-refractivity contribution in [2.45, 2.75) is 20.8 Å². The Morgan fingerprint density at radius 2 is 1.11 bits per heavy atom. The molecule has 5 nitrogen and oxygen atoms in total. The number of carbonyl (C=O) groups excluding carboxylic acids is 2. The van der Waals surface area contributed by atoms with Crippen LogP contribution in [0.3, 0.4) is 0 Å². The highest BCUT2D eigenvalue weighted by Crippen LogP contribution is 2.20. The summed E-state index contributed by atoms with van der Waals surface area (Å²) in [4.78, 5) is 24.7. The largest absolute Gasteiger partial charge is 0.323 e. The molecule has 3 aromatic rings. The van der Waals surface area contributed by atoms with Crippen LogP contribution in [0.25, 0.3) is 0 Å². The molecule has 0 saturated heterocycles. The van der Waals surface area contributed by atoms with Gasteiger partial charge in [0.2, 0.25) is 0 Å². The van der Waals surface area contributed by atoms with E-state index in [1.54, 1.807) is 24.3 Å². The molecular weight excluding hydrogens is 350 g/mol. The predicted octanol–water partition coefficient (Wildman–Crippen LogP) is 5.51. The number of carbonyl (C=O) groups is 2. The summed E-state index contributed by atoms with van der Waals surface area (Å²) < 4.78 is 0. The van der Waals surface area contributed by atoms with E-state index < -0.39 is 0 Å². The summed E-state index contributed by atoms with van der Waals surface area (Å²) in [5.41, 5.74) is 5.74. The van der Waals surface area contributed by atoms with E-state index in [2.05, 4.69) is 16.0 Å². The molecule has 0 aromatic heterocycles. The number of benzene rings is 3. The van der Waals surface area contributed by atoms with Gasteiger partial charge in [-0.2, -0.15) is 0 Å². The second kappa shape index (κ2) is 8.39. The summed E-state index contributed by atoms with van der Waals surface area (Å²) in [5, 5.41) is 8.43. The summed E-state index contributed by atoms with van der Waals surface area (Å²) in [6.07, 6.45) is 0. The highest BCUT2D eigenvalue weighted by molar-refractivity contribution is 6.06. The van der Waals surface area contributed by atoms with Crippen LogP contribution in [0.1, 0.15) is 27.0 Å². The lowest BCUT2D eigenvalue weighted by Crippen LogP contribution is -2.19. The smallest absolute Gasteiger partial charge is 0.322 e. The number of hydrogen-bond acceptors (Lipinski definition) is 2. The first kappa shape index (κ1) is 19.2. The molecule has 0 bridgehead atoms. The van der Waals surface area contributed by atoms with Crippen molar-refractivity contribution >= 4 is 29.0 Å². The van der Waals surface area contributed by atoms with E-state index in [0.29, 0.717) is 22.6 Å². The Bertz CT molecular complexity index is 973. The minimum Gasteiger partial charge on any atom is -0.322 e. The van der Waals surface area contributed by atoms with E-state index in [-0.39, 0.29) is 11.9 Å². The molecule has 0 spiro atoms. The zero-order valence-corrected chi connectivity index (χ0v) is 16.2. The normalized spacial score (nSPS) is 10.2. The van der Waals surface area contributed by atoms with Crippen LogP contribution >= 0.6 is 0 Å². The van der Waals surface area contributed by atoms with Gasteiger partial charge in [0.15, 0.2) is 0 Å². The lowest BCUT2D eigenvalue weighted by atomic mass is 9.99. The maximum Gasteiger partial charge on any atom is 0.323 e. The average molecular weight is 373 g/mol. The molecule has 142 valence electrons. The van der Waals surface area contributed by atoms with E-state index in [4.69, 9.17) is 0 Å². The van der Waals surface area contributed by atoms with Gasteiger partial charge >= 0.3 is 6.03 Å². The minimum atomic E-state index is -0.325. The molecule has 0 aliphatic rings. The molecule has 0 heterocycles. The number of para-hydroxylation sites is 1. The summed E-state index contributed by atoms with van der Waals surface area (Å²) in [6.45, 7) is 5.89. The Kier molecular flexibility index (Phi) is 5.75. The molecule has 3 amide bonds. The van der Waals surface area contributed by atoms with Gasteiger partial charge in [0.05, 0.1) is 0 Å². The fourth-order valence-corrected chi connectivity index (χ4v) is 3.18. The van der Waals surface area contributed by atoms with Gasteiger partial charge in [0.1, 0.15) is 0 Å². The van der Waals surface area contributed by atoms with E-state index in [1.165, 1.54) is 0 Å². The molecule has 0 atom stereocenters. The Morgan fingerprint density at radius 1 is 0.643 bits per heavy atom. The third-order valence-corrected chi connectivity index (χ3v) is 4.34. The number of anilines is 3. The van der Waals surface area contributed by atoms with E-state index >= 15 is 0 Å². The zero-order chi connectivity index (χ0) is 20.1. The van der Waals surface area contributed by atoms with Crippen molar-refractivity contribution < 1.29 is 9.59 Å². The van der Waals surface area contributed by atoms with Crippen LogP contribution in [0.4, 0.5) is 21.9 Å². The number of amides is 3. The van der Waals surface area contributed by atoms with Crippen LogP contribution in [0.5, 0.6) is 0 Å². The summed E-state index contributed by atoms with van der Waals surface area (Å²) in [5.74, 6) is -0.141. The number of hydrogen-bond donors (Lipinski definition) is 3. The van der Waals surface area contributed by atoms with Gasteiger partial charge in [-0.15, -0.1) is 0 Å². The van der Waals surface area contributed by atoms with Gasteiger partial charge in [-0.25, -0.2) is 4.79 Å².